The Hall–Kier alpha value is -2.30. The molecule has 0 spiro atoms. The highest BCUT2D eigenvalue weighted by Gasteiger charge is 2.20. The summed E-state index contributed by atoms with van der Waals surface area (Å²) in [4.78, 5) is 22.6. The molecule has 0 unspecified atom stereocenters. The van der Waals surface area contributed by atoms with E-state index in [-0.39, 0.29) is 18.6 Å². The Morgan fingerprint density at radius 2 is 1.95 bits per heavy atom. The zero-order chi connectivity index (χ0) is 14.9. The minimum atomic E-state index is -0.997. The lowest BCUT2D eigenvalue weighted by Gasteiger charge is -2.07. The number of ketones is 1. The molecular weight excluding hydrogens is 260 g/mol. The van der Waals surface area contributed by atoms with Crippen LogP contribution in [-0.4, -0.2) is 24.0 Å². The van der Waals surface area contributed by atoms with E-state index in [1.807, 2.05) is 13.8 Å². The Balaban J connectivity index is 2.49. The molecule has 5 heteroatoms. The summed E-state index contributed by atoms with van der Waals surface area (Å²) in [5, 5.41) is 9.54. The van der Waals surface area contributed by atoms with E-state index in [2.05, 4.69) is 0 Å². The Bertz CT molecular complexity index is 681. The van der Waals surface area contributed by atoms with Gasteiger partial charge in [0.05, 0.1) is 19.1 Å². The number of fused-ring (bicyclic) bond motifs is 1. The maximum absolute atomic E-state index is 12.1. The molecule has 5 nitrogen and oxygen atoms in total. The van der Waals surface area contributed by atoms with Crippen LogP contribution in [0.15, 0.2) is 16.5 Å². The van der Waals surface area contributed by atoms with Crippen LogP contribution < -0.4 is 4.74 Å². The molecule has 1 aromatic heterocycles. The molecular formula is C15H16O5. The zero-order valence-electron chi connectivity index (χ0n) is 11.6. The Morgan fingerprint density at radius 1 is 1.25 bits per heavy atom. The first kappa shape index (κ1) is 14.1. The maximum Gasteiger partial charge on any atom is 0.303 e. The van der Waals surface area contributed by atoms with E-state index in [0.29, 0.717) is 16.9 Å². The van der Waals surface area contributed by atoms with Crippen molar-refractivity contribution in [2.24, 2.45) is 0 Å². The van der Waals surface area contributed by atoms with Crippen LogP contribution in [0.2, 0.25) is 0 Å². The number of rotatable bonds is 5. The number of carbonyl (C=O) groups excluding carboxylic acids is 1. The minimum Gasteiger partial charge on any atom is -0.492 e. The molecule has 0 saturated carbocycles. The summed E-state index contributed by atoms with van der Waals surface area (Å²) in [7, 11) is 1.47. The van der Waals surface area contributed by atoms with Gasteiger partial charge in [-0.15, -0.1) is 0 Å². The van der Waals surface area contributed by atoms with E-state index < -0.39 is 5.97 Å². The maximum atomic E-state index is 12.1. The van der Waals surface area contributed by atoms with E-state index in [1.54, 1.807) is 12.1 Å². The predicted octanol–water partition coefficient (Wildman–Crippen LogP) is 3.11. The average Bonchev–Trinajstić information content (AvgIpc) is 2.70. The van der Waals surface area contributed by atoms with Gasteiger partial charge in [0.1, 0.15) is 5.76 Å². The predicted molar refractivity (Wildman–Crippen MR) is 73.4 cm³/mol. The third-order valence-electron chi connectivity index (χ3n) is 3.37. The number of ether oxygens (including phenoxy) is 1. The highest BCUT2D eigenvalue weighted by molar-refractivity contribution is 6.04. The number of furan rings is 1. The number of carboxylic acid groups (broad SMARTS) is 1. The number of carboxylic acids is 1. The van der Waals surface area contributed by atoms with Crippen LogP contribution in [0.1, 0.15) is 34.5 Å². The lowest BCUT2D eigenvalue weighted by molar-refractivity contribution is -0.136. The van der Waals surface area contributed by atoms with Crippen LogP contribution >= 0.6 is 0 Å². The van der Waals surface area contributed by atoms with Crippen molar-refractivity contribution in [3.05, 3.63) is 29.0 Å². The first-order chi connectivity index (χ1) is 9.45. The van der Waals surface area contributed by atoms with Gasteiger partial charge in [-0.2, -0.15) is 0 Å². The monoisotopic (exact) mass is 276 g/mol. The fourth-order valence-corrected chi connectivity index (χ4v) is 2.16. The molecule has 0 fully saturated rings. The fourth-order valence-electron chi connectivity index (χ4n) is 2.16. The molecule has 0 saturated heterocycles. The van der Waals surface area contributed by atoms with Gasteiger partial charge in [-0.3, -0.25) is 9.59 Å². The van der Waals surface area contributed by atoms with E-state index >= 15 is 0 Å². The van der Waals surface area contributed by atoms with Crippen molar-refractivity contribution in [3.63, 3.8) is 0 Å². The van der Waals surface area contributed by atoms with Gasteiger partial charge in [-0.25, -0.2) is 0 Å². The molecule has 0 radical (unpaired) electrons. The molecule has 106 valence electrons. The summed E-state index contributed by atoms with van der Waals surface area (Å²) in [6.07, 6.45) is -0.258. The molecule has 1 heterocycles. The highest BCUT2D eigenvalue weighted by Crippen LogP contribution is 2.35. The normalized spacial score (nSPS) is 10.8. The van der Waals surface area contributed by atoms with Crippen LogP contribution in [-0.2, 0) is 4.79 Å². The van der Waals surface area contributed by atoms with Crippen molar-refractivity contribution in [3.8, 4) is 5.75 Å². The minimum absolute atomic E-state index is 0.0596. The van der Waals surface area contributed by atoms with Crippen molar-refractivity contribution in [2.45, 2.75) is 26.7 Å². The molecule has 0 atom stereocenters. The Morgan fingerprint density at radius 3 is 2.55 bits per heavy atom. The SMILES string of the molecule is COc1c(C(=O)CCC(=O)O)ccc2c(C)c(C)oc12. The van der Waals surface area contributed by atoms with Crippen LogP contribution in [0.5, 0.6) is 5.75 Å². The topological polar surface area (TPSA) is 76.7 Å². The fraction of sp³-hybridized carbons (Fsp3) is 0.333. The van der Waals surface area contributed by atoms with Gasteiger partial charge in [-0.1, -0.05) is 0 Å². The summed E-state index contributed by atoms with van der Waals surface area (Å²) < 4.78 is 10.9. The van der Waals surface area contributed by atoms with Crippen LogP contribution in [0.4, 0.5) is 0 Å². The van der Waals surface area contributed by atoms with Gasteiger partial charge >= 0.3 is 5.97 Å². The number of benzene rings is 1. The third-order valence-corrected chi connectivity index (χ3v) is 3.37. The number of aryl methyl sites for hydroxylation is 2. The van der Waals surface area contributed by atoms with Gasteiger partial charge < -0.3 is 14.3 Å². The van der Waals surface area contributed by atoms with E-state index in [4.69, 9.17) is 14.3 Å². The molecule has 0 aliphatic carbocycles. The average molecular weight is 276 g/mol. The van der Waals surface area contributed by atoms with Crippen molar-refractivity contribution >= 4 is 22.7 Å². The van der Waals surface area contributed by atoms with Crippen molar-refractivity contribution < 1.29 is 23.8 Å². The number of carbonyl (C=O) groups is 2. The summed E-state index contributed by atoms with van der Waals surface area (Å²) in [5.41, 5.74) is 1.89. The largest absolute Gasteiger partial charge is 0.492 e. The molecule has 2 rings (SSSR count). The zero-order valence-corrected chi connectivity index (χ0v) is 11.6. The van der Waals surface area contributed by atoms with Crippen LogP contribution in [0, 0.1) is 13.8 Å². The second kappa shape index (κ2) is 5.36. The second-order valence-electron chi connectivity index (χ2n) is 4.62. The molecule has 0 bridgehead atoms. The number of Topliss-reactive ketones (excluding diaryl/α,β-unsaturated/α-hetero) is 1. The van der Waals surface area contributed by atoms with Crippen molar-refractivity contribution in [1.82, 2.24) is 0 Å². The summed E-state index contributed by atoms with van der Waals surface area (Å²) >= 11 is 0. The quantitative estimate of drug-likeness (QED) is 0.849. The smallest absolute Gasteiger partial charge is 0.303 e. The first-order valence-corrected chi connectivity index (χ1v) is 6.27. The Kier molecular flexibility index (Phi) is 3.79. The molecule has 0 aliphatic heterocycles. The standard InChI is InChI=1S/C15H16O5/c1-8-9(2)20-15-10(8)4-5-11(14(15)19-3)12(16)6-7-13(17)18/h4-5H,6-7H2,1-3H3,(H,17,18). The van der Waals surface area contributed by atoms with E-state index in [1.165, 1.54) is 7.11 Å². The highest BCUT2D eigenvalue weighted by atomic mass is 16.5. The molecule has 2 aromatic rings. The van der Waals surface area contributed by atoms with Crippen LogP contribution in [0.3, 0.4) is 0 Å². The molecule has 1 aromatic carbocycles. The van der Waals surface area contributed by atoms with Crippen molar-refractivity contribution in [2.75, 3.05) is 7.11 Å². The lowest BCUT2D eigenvalue weighted by Crippen LogP contribution is -2.05. The first-order valence-electron chi connectivity index (χ1n) is 6.27. The summed E-state index contributed by atoms with van der Waals surface area (Å²) in [6, 6.07) is 3.46. The number of methoxy groups -OCH3 is 1. The lowest BCUT2D eigenvalue weighted by atomic mass is 10.0. The molecule has 20 heavy (non-hydrogen) atoms. The van der Waals surface area contributed by atoms with E-state index in [9.17, 15) is 9.59 Å². The van der Waals surface area contributed by atoms with Crippen LogP contribution in [0.25, 0.3) is 11.0 Å². The van der Waals surface area contributed by atoms with Crippen molar-refractivity contribution in [1.29, 1.82) is 0 Å². The van der Waals surface area contributed by atoms with Gasteiger partial charge in [0, 0.05) is 11.8 Å². The van der Waals surface area contributed by atoms with Gasteiger partial charge in [0.25, 0.3) is 0 Å². The third kappa shape index (κ3) is 2.39. The summed E-state index contributed by atoms with van der Waals surface area (Å²) in [6.45, 7) is 3.78. The number of hydrogen-bond acceptors (Lipinski definition) is 4. The second-order valence-corrected chi connectivity index (χ2v) is 4.62. The van der Waals surface area contributed by atoms with E-state index in [0.717, 1.165) is 16.7 Å². The molecule has 0 aliphatic rings. The summed E-state index contributed by atoms with van der Waals surface area (Å²) in [5.74, 6) is -0.122. The van der Waals surface area contributed by atoms with Gasteiger partial charge in [0.2, 0.25) is 0 Å². The Labute approximate surface area is 116 Å². The molecule has 1 N–H and O–H groups in total. The van der Waals surface area contributed by atoms with Gasteiger partial charge in [0.15, 0.2) is 17.1 Å². The number of hydrogen-bond donors (Lipinski definition) is 1. The molecule has 0 amide bonds. The number of aliphatic carboxylic acids is 1. The van der Waals surface area contributed by atoms with Gasteiger partial charge in [-0.05, 0) is 31.5 Å².